The molecule has 1 saturated heterocycles. The van der Waals surface area contributed by atoms with Crippen LogP contribution >= 0.6 is 15.9 Å². The molecule has 0 saturated carbocycles. The van der Waals surface area contributed by atoms with E-state index < -0.39 is 0 Å². The molecule has 0 radical (unpaired) electrons. The van der Waals surface area contributed by atoms with Crippen molar-refractivity contribution in [2.45, 2.75) is 19.4 Å². The average molecular weight is 229 g/mol. The Bertz CT molecular complexity index is 251. The Morgan fingerprint density at radius 1 is 1.42 bits per heavy atom. The second-order valence-corrected chi connectivity index (χ2v) is 4.19. The summed E-state index contributed by atoms with van der Waals surface area (Å²) in [7, 11) is 0. The zero-order valence-corrected chi connectivity index (χ0v) is 8.60. The smallest absolute Gasteiger partial charge is 0.0823 e. The normalized spacial score (nSPS) is 18.8. The molecule has 0 aromatic carbocycles. The minimum Gasteiger partial charge on any atom is -0.356 e. The maximum absolute atomic E-state index is 3.41. The van der Waals surface area contributed by atoms with Crippen LogP contribution in [0.4, 0.5) is 0 Å². The van der Waals surface area contributed by atoms with Crippen molar-refractivity contribution < 1.29 is 0 Å². The number of rotatable bonds is 2. The Morgan fingerprint density at radius 3 is 2.75 bits per heavy atom. The van der Waals surface area contributed by atoms with Gasteiger partial charge in [0.2, 0.25) is 0 Å². The highest BCUT2D eigenvalue weighted by molar-refractivity contribution is 9.10. The molecule has 0 aliphatic carbocycles. The summed E-state index contributed by atoms with van der Waals surface area (Å²) in [5, 5.41) is 0. The van der Waals surface area contributed by atoms with Gasteiger partial charge in [0.25, 0.3) is 0 Å². The van der Waals surface area contributed by atoms with Crippen molar-refractivity contribution in [1.82, 2.24) is 9.88 Å². The lowest BCUT2D eigenvalue weighted by atomic mass is 10.3. The Labute approximate surface area is 81.1 Å². The highest BCUT2D eigenvalue weighted by Gasteiger charge is 2.11. The van der Waals surface area contributed by atoms with Crippen LogP contribution < -0.4 is 0 Å². The van der Waals surface area contributed by atoms with Crippen molar-refractivity contribution in [3.05, 3.63) is 22.4 Å². The molecule has 1 N–H and O–H groups in total. The lowest BCUT2D eigenvalue weighted by Gasteiger charge is -2.12. The fourth-order valence-electron chi connectivity index (χ4n) is 1.70. The fraction of sp³-hybridized carbons (Fsp3) is 0.556. The highest BCUT2D eigenvalue weighted by Crippen LogP contribution is 2.15. The Balaban J connectivity index is 1.94. The van der Waals surface area contributed by atoms with E-state index in [4.69, 9.17) is 0 Å². The molecule has 12 heavy (non-hydrogen) atoms. The number of halogens is 1. The maximum atomic E-state index is 3.41. The first-order valence-corrected chi connectivity index (χ1v) is 5.19. The van der Waals surface area contributed by atoms with Gasteiger partial charge in [-0.2, -0.15) is 0 Å². The average Bonchev–Trinajstić information content (AvgIpc) is 2.63. The van der Waals surface area contributed by atoms with E-state index in [1.54, 1.807) is 0 Å². The molecule has 1 fully saturated rings. The molecular weight excluding hydrogens is 216 g/mol. The number of hydrogen-bond donors (Lipinski definition) is 1. The van der Waals surface area contributed by atoms with Gasteiger partial charge in [-0.3, -0.25) is 4.90 Å². The van der Waals surface area contributed by atoms with E-state index in [9.17, 15) is 0 Å². The van der Waals surface area contributed by atoms with Gasteiger partial charge >= 0.3 is 0 Å². The summed E-state index contributed by atoms with van der Waals surface area (Å²) in [6, 6.07) is 2.15. The van der Waals surface area contributed by atoms with Crippen LogP contribution in [0, 0.1) is 0 Å². The molecule has 3 heteroatoms. The first-order valence-electron chi connectivity index (χ1n) is 4.40. The summed E-state index contributed by atoms with van der Waals surface area (Å²) in [5.41, 5.74) is 1.38. The van der Waals surface area contributed by atoms with E-state index in [0.29, 0.717) is 0 Å². The first kappa shape index (κ1) is 8.32. The second-order valence-electron chi connectivity index (χ2n) is 3.34. The van der Waals surface area contributed by atoms with E-state index in [-0.39, 0.29) is 0 Å². The molecule has 1 aromatic heterocycles. The lowest BCUT2D eigenvalue weighted by molar-refractivity contribution is 0.331. The van der Waals surface area contributed by atoms with Crippen molar-refractivity contribution in [3.8, 4) is 0 Å². The number of nitrogens with one attached hydrogen (secondary N) is 1. The number of H-pyrrole nitrogens is 1. The zero-order valence-electron chi connectivity index (χ0n) is 7.02. The van der Waals surface area contributed by atoms with Gasteiger partial charge in [-0.1, -0.05) is 0 Å². The van der Waals surface area contributed by atoms with Crippen LogP contribution in [0.5, 0.6) is 0 Å². The molecule has 2 nitrogen and oxygen atoms in total. The van der Waals surface area contributed by atoms with E-state index in [1.807, 2.05) is 0 Å². The quantitative estimate of drug-likeness (QED) is 0.824. The van der Waals surface area contributed by atoms with E-state index in [0.717, 1.165) is 11.1 Å². The molecule has 2 heterocycles. The third-order valence-corrected chi connectivity index (χ3v) is 2.77. The number of hydrogen-bond acceptors (Lipinski definition) is 1. The Morgan fingerprint density at radius 2 is 2.17 bits per heavy atom. The van der Waals surface area contributed by atoms with Crippen LogP contribution in [-0.4, -0.2) is 23.0 Å². The molecule has 66 valence electrons. The van der Waals surface area contributed by atoms with Gasteiger partial charge in [0.1, 0.15) is 0 Å². The standard InChI is InChI=1S/C9H13BrN2/c10-9-5-8(6-11-9)7-12-3-1-2-4-12/h5-6,11H,1-4,7H2. The van der Waals surface area contributed by atoms with E-state index >= 15 is 0 Å². The molecule has 1 aromatic rings. The summed E-state index contributed by atoms with van der Waals surface area (Å²) in [4.78, 5) is 5.63. The first-order chi connectivity index (χ1) is 5.84. The van der Waals surface area contributed by atoms with Crippen molar-refractivity contribution in [3.63, 3.8) is 0 Å². The molecule has 0 amide bonds. The molecule has 2 rings (SSSR count). The molecule has 1 aliphatic heterocycles. The van der Waals surface area contributed by atoms with Crippen LogP contribution in [0.2, 0.25) is 0 Å². The molecule has 0 atom stereocenters. The molecular formula is C9H13BrN2. The predicted molar refractivity (Wildman–Crippen MR) is 53.0 cm³/mol. The van der Waals surface area contributed by atoms with Gasteiger partial charge < -0.3 is 4.98 Å². The molecule has 0 bridgehead atoms. The third-order valence-electron chi connectivity index (χ3n) is 2.31. The van der Waals surface area contributed by atoms with E-state index in [1.165, 1.54) is 31.5 Å². The number of nitrogens with zero attached hydrogens (tertiary/aromatic N) is 1. The lowest BCUT2D eigenvalue weighted by Crippen LogP contribution is -2.17. The number of aromatic nitrogens is 1. The van der Waals surface area contributed by atoms with Crippen molar-refractivity contribution in [2.75, 3.05) is 13.1 Å². The maximum Gasteiger partial charge on any atom is 0.0823 e. The summed E-state index contributed by atoms with van der Waals surface area (Å²) in [5.74, 6) is 0. The molecule has 1 aliphatic rings. The summed E-state index contributed by atoms with van der Waals surface area (Å²) >= 11 is 3.41. The Hall–Kier alpha value is -0.280. The fourth-order valence-corrected chi connectivity index (χ4v) is 2.11. The van der Waals surface area contributed by atoms with Gasteiger partial charge in [-0.15, -0.1) is 0 Å². The third kappa shape index (κ3) is 1.90. The zero-order chi connectivity index (χ0) is 8.39. The van der Waals surface area contributed by atoms with E-state index in [2.05, 4.69) is 38.1 Å². The van der Waals surface area contributed by atoms with Crippen LogP contribution in [0.15, 0.2) is 16.9 Å². The number of aromatic amines is 1. The summed E-state index contributed by atoms with van der Waals surface area (Å²) in [6.45, 7) is 3.63. The summed E-state index contributed by atoms with van der Waals surface area (Å²) in [6.07, 6.45) is 4.81. The minimum atomic E-state index is 1.08. The molecule has 0 spiro atoms. The van der Waals surface area contributed by atoms with Gasteiger partial charge in [-0.25, -0.2) is 0 Å². The van der Waals surface area contributed by atoms with Gasteiger partial charge in [0.15, 0.2) is 0 Å². The monoisotopic (exact) mass is 228 g/mol. The van der Waals surface area contributed by atoms with Crippen LogP contribution in [-0.2, 0) is 6.54 Å². The molecule has 0 unspecified atom stereocenters. The van der Waals surface area contributed by atoms with Gasteiger partial charge in [0, 0.05) is 12.7 Å². The van der Waals surface area contributed by atoms with Gasteiger partial charge in [0.05, 0.1) is 4.60 Å². The van der Waals surface area contributed by atoms with Crippen LogP contribution in [0.1, 0.15) is 18.4 Å². The van der Waals surface area contributed by atoms with Crippen molar-refractivity contribution >= 4 is 15.9 Å². The highest BCUT2D eigenvalue weighted by atomic mass is 79.9. The van der Waals surface area contributed by atoms with Crippen molar-refractivity contribution in [2.24, 2.45) is 0 Å². The minimum absolute atomic E-state index is 1.08. The SMILES string of the molecule is Brc1cc(CN2CCCC2)c[nH]1. The van der Waals surface area contributed by atoms with Crippen LogP contribution in [0.3, 0.4) is 0 Å². The largest absolute Gasteiger partial charge is 0.356 e. The number of likely N-dealkylation sites (tertiary alicyclic amines) is 1. The van der Waals surface area contributed by atoms with Gasteiger partial charge in [-0.05, 0) is 53.5 Å². The summed E-state index contributed by atoms with van der Waals surface area (Å²) < 4.78 is 1.08. The van der Waals surface area contributed by atoms with Crippen molar-refractivity contribution in [1.29, 1.82) is 0 Å². The predicted octanol–water partition coefficient (Wildman–Crippen LogP) is 2.37. The topological polar surface area (TPSA) is 19.0 Å². The Kier molecular flexibility index (Phi) is 2.51. The second kappa shape index (κ2) is 3.62. The van der Waals surface area contributed by atoms with Crippen LogP contribution in [0.25, 0.3) is 0 Å².